The zero-order chi connectivity index (χ0) is 15.4. The first-order chi connectivity index (χ1) is 9.60. The van der Waals surface area contributed by atoms with Crippen LogP contribution >= 0.6 is 0 Å². The van der Waals surface area contributed by atoms with Crippen molar-refractivity contribution in [3.05, 3.63) is 0 Å². The van der Waals surface area contributed by atoms with Crippen molar-refractivity contribution in [2.75, 3.05) is 33.9 Å². The molecule has 1 atom stereocenters. The predicted octanol–water partition coefficient (Wildman–Crippen LogP) is 2.24. The zero-order valence-electron chi connectivity index (χ0n) is 13.3. The van der Waals surface area contributed by atoms with E-state index < -0.39 is 0 Å². The largest absolute Gasteiger partial charge is 0.469 e. The van der Waals surface area contributed by atoms with Gasteiger partial charge in [-0.05, 0) is 12.8 Å². The van der Waals surface area contributed by atoms with E-state index in [0.29, 0.717) is 19.7 Å². The van der Waals surface area contributed by atoms with Crippen molar-refractivity contribution in [2.24, 2.45) is 5.92 Å². The summed E-state index contributed by atoms with van der Waals surface area (Å²) in [6.07, 6.45) is 4.12. The van der Waals surface area contributed by atoms with E-state index >= 15 is 0 Å². The van der Waals surface area contributed by atoms with Gasteiger partial charge in [0.15, 0.2) is 0 Å². The lowest BCUT2D eigenvalue weighted by Gasteiger charge is -2.26. The Morgan fingerprint density at radius 3 is 2.35 bits per heavy atom. The lowest BCUT2D eigenvalue weighted by atomic mass is 9.97. The smallest absolute Gasteiger partial charge is 0.307 e. The lowest BCUT2D eigenvalue weighted by Crippen LogP contribution is -2.39. The van der Waals surface area contributed by atoms with Crippen LogP contribution in [-0.2, 0) is 19.1 Å². The molecule has 0 aromatic carbocycles. The number of esters is 1. The number of rotatable bonds is 11. The highest BCUT2D eigenvalue weighted by atomic mass is 16.5. The monoisotopic (exact) mass is 287 g/mol. The van der Waals surface area contributed by atoms with Crippen molar-refractivity contribution in [3.8, 4) is 0 Å². The number of amides is 1. The van der Waals surface area contributed by atoms with Crippen LogP contribution in [0.1, 0.15) is 46.0 Å². The van der Waals surface area contributed by atoms with E-state index in [-0.39, 0.29) is 24.2 Å². The third kappa shape index (κ3) is 7.48. The molecule has 0 bridgehead atoms. The molecular formula is C15H29NO4. The quantitative estimate of drug-likeness (QED) is 0.547. The molecule has 0 aromatic heterocycles. The van der Waals surface area contributed by atoms with Crippen LogP contribution in [0.5, 0.6) is 0 Å². The molecule has 0 saturated heterocycles. The van der Waals surface area contributed by atoms with E-state index in [1.807, 2.05) is 6.92 Å². The second-order valence-electron chi connectivity index (χ2n) is 4.89. The fourth-order valence-corrected chi connectivity index (χ4v) is 2.07. The third-order valence-corrected chi connectivity index (χ3v) is 3.44. The van der Waals surface area contributed by atoms with E-state index in [9.17, 15) is 9.59 Å². The summed E-state index contributed by atoms with van der Waals surface area (Å²) in [5.41, 5.74) is 0. The predicted molar refractivity (Wildman–Crippen MR) is 78.4 cm³/mol. The van der Waals surface area contributed by atoms with Crippen molar-refractivity contribution < 1.29 is 19.1 Å². The van der Waals surface area contributed by atoms with Crippen LogP contribution in [0.25, 0.3) is 0 Å². The Morgan fingerprint density at radius 1 is 1.15 bits per heavy atom. The van der Waals surface area contributed by atoms with Gasteiger partial charge in [-0.3, -0.25) is 9.59 Å². The molecule has 0 aliphatic rings. The minimum absolute atomic E-state index is 0.0458. The molecule has 118 valence electrons. The van der Waals surface area contributed by atoms with E-state index in [1.165, 1.54) is 7.11 Å². The molecule has 0 N–H and O–H groups in total. The van der Waals surface area contributed by atoms with Gasteiger partial charge in [-0.2, -0.15) is 0 Å². The summed E-state index contributed by atoms with van der Waals surface area (Å²) in [7, 11) is 2.97. The highest BCUT2D eigenvalue weighted by Gasteiger charge is 2.22. The van der Waals surface area contributed by atoms with E-state index in [0.717, 1.165) is 25.7 Å². The number of carbonyl (C=O) groups is 2. The molecule has 0 fully saturated rings. The Balaban J connectivity index is 4.54. The maximum absolute atomic E-state index is 12.5. The Hall–Kier alpha value is -1.10. The molecule has 0 saturated carbocycles. The Labute approximate surface area is 122 Å². The highest BCUT2D eigenvalue weighted by Crippen LogP contribution is 2.16. The molecule has 0 aliphatic carbocycles. The van der Waals surface area contributed by atoms with Crippen LogP contribution in [0, 0.1) is 5.92 Å². The normalized spacial score (nSPS) is 12.0. The van der Waals surface area contributed by atoms with Crippen LogP contribution in [0.2, 0.25) is 0 Å². The number of ether oxygens (including phenoxy) is 2. The van der Waals surface area contributed by atoms with Crippen LogP contribution in [0.15, 0.2) is 0 Å². The van der Waals surface area contributed by atoms with E-state index in [2.05, 4.69) is 11.7 Å². The Bertz CT molecular complexity index is 281. The number of unbranched alkanes of at least 4 members (excludes halogenated alkanes) is 1. The van der Waals surface area contributed by atoms with Gasteiger partial charge >= 0.3 is 5.97 Å². The second kappa shape index (κ2) is 11.7. The minimum Gasteiger partial charge on any atom is -0.469 e. The number of hydrogen-bond acceptors (Lipinski definition) is 4. The minimum atomic E-state index is -0.290. The molecule has 1 amide bonds. The highest BCUT2D eigenvalue weighted by molar-refractivity contribution is 5.79. The average molecular weight is 287 g/mol. The van der Waals surface area contributed by atoms with Crippen molar-refractivity contribution in [3.63, 3.8) is 0 Å². The molecule has 0 spiro atoms. The maximum Gasteiger partial charge on any atom is 0.307 e. The van der Waals surface area contributed by atoms with Crippen LogP contribution in [-0.4, -0.2) is 50.7 Å². The summed E-state index contributed by atoms with van der Waals surface area (Å²) >= 11 is 0. The first kappa shape index (κ1) is 18.9. The SMILES string of the molecule is CCCCC(CC)C(=O)N(CCOC)CCC(=O)OC. The first-order valence-electron chi connectivity index (χ1n) is 7.45. The molecule has 0 heterocycles. The Kier molecular flexibility index (Phi) is 11.1. The molecule has 0 rings (SSSR count). The summed E-state index contributed by atoms with van der Waals surface area (Å²) in [6.45, 7) is 5.56. The van der Waals surface area contributed by atoms with E-state index in [4.69, 9.17) is 4.74 Å². The molecule has 5 heteroatoms. The van der Waals surface area contributed by atoms with Gasteiger partial charge in [0.1, 0.15) is 0 Å². The molecule has 5 nitrogen and oxygen atoms in total. The van der Waals surface area contributed by atoms with Gasteiger partial charge in [0.05, 0.1) is 20.1 Å². The maximum atomic E-state index is 12.5. The van der Waals surface area contributed by atoms with Gasteiger partial charge in [0.25, 0.3) is 0 Å². The van der Waals surface area contributed by atoms with Crippen molar-refractivity contribution >= 4 is 11.9 Å². The number of methoxy groups -OCH3 is 2. The standard InChI is InChI=1S/C15H29NO4/c1-5-7-8-13(6-2)15(18)16(11-12-19-3)10-9-14(17)20-4/h13H,5-12H2,1-4H3. The molecular weight excluding hydrogens is 258 g/mol. The molecule has 0 radical (unpaired) electrons. The van der Waals surface area contributed by atoms with Gasteiger partial charge in [0, 0.05) is 26.1 Å². The number of hydrogen-bond donors (Lipinski definition) is 0. The van der Waals surface area contributed by atoms with Gasteiger partial charge in [-0.1, -0.05) is 26.7 Å². The Morgan fingerprint density at radius 2 is 1.85 bits per heavy atom. The van der Waals surface area contributed by atoms with Crippen molar-refractivity contribution in [1.82, 2.24) is 4.90 Å². The van der Waals surface area contributed by atoms with Crippen LogP contribution in [0.4, 0.5) is 0 Å². The second-order valence-corrected chi connectivity index (χ2v) is 4.89. The van der Waals surface area contributed by atoms with Crippen molar-refractivity contribution in [2.45, 2.75) is 46.0 Å². The lowest BCUT2D eigenvalue weighted by molar-refractivity contribution is -0.142. The summed E-state index contributed by atoms with van der Waals surface area (Å²) in [5, 5.41) is 0. The van der Waals surface area contributed by atoms with Crippen molar-refractivity contribution in [1.29, 1.82) is 0 Å². The fourth-order valence-electron chi connectivity index (χ4n) is 2.07. The summed E-state index contributed by atoms with van der Waals surface area (Å²) in [5.74, 6) is -0.117. The molecule has 0 aromatic rings. The molecule has 0 aliphatic heterocycles. The molecule has 20 heavy (non-hydrogen) atoms. The van der Waals surface area contributed by atoms with Crippen LogP contribution in [0.3, 0.4) is 0 Å². The number of carbonyl (C=O) groups excluding carboxylic acids is 2. The van der Waals surface area contributed by atoms with Gasteiger partial charge in [0.2, 0.25) is 5.91 Å². The zero-order valence-corrected chi connectivity index (χ0v) is 13.3. The topological polar surface area (TPSA) is 55.8 Å². The number of nitrogens with zero attached hydrogens (tertiary/aromatic N) is 1. The summed E-state index contributed by atoms with van der Waals surface area (Å²) in [6, 6.07) is 0. The van der Waals surface area contributed by atoms with Crippen LogP contribution < -0.4 is 0 Å². The van der Waals surface area contributed by atoms with E-state index in [1.54, 1.807) is 12.0 Å². The fraction of sp³-hybridized carbons (Fsp3) is 0.867. The van der Waals surface area contributed by atoms with Gasteiger partial charge < -0.3 is 14.4 Å². The third-order valence-electron chi connectivity index (χ3n) is 3.44. The first-order valence-corrected chi connectivity index (χ1v) is 7.45. The van der Waals surface area contributed by atoms with Gasteiger partial charge in [-0.25, -0.2) is 0 Å². The summed E-state index contributed by atoms with van der Waals surface area (Å²) < 4.78 is 9.67. The van der Waals surface area contributed by atoms with Gasteiger partial charge in [-0.15, -0.1) is 0 Å². The summed E-state index contributed by atoms with van der Waals surface area (Å²) in [4.78, 5) is 25.5. The molecule has 1 unspecified atom stereocenters. The average Bonchev–Trinajstić information content (AvgIpc) is 2.47.